The molecule has 0 unspecified atom stereocenters. The molecule has 17 heavy (non-hydrogen) atoms. The van der Waals surface area contributed by atoms with Crippen LogP contribution in [0.4, 0.5) is 5.69 Å². The summed E-state index contributed by atoms with van der Waals surface area (Å²) in [5, 5.41) is 7.84. The van der Waals surface area contributed by atoms with Gasteiger partial charge in [0.2, 0.25) is 0 Å². The van der Waals surface area contributed by atoms with Crippen molar-refractivity contribution < 1.29 is 4.21 Å². The fourth-order valence-corrected chi connectivity index (χ4v) is 3.14. The van der Waals surface area contributed by atoms with Gasteiger partial charge in [0.15, 0.2) is 0 Å². The molecule has 1 aromatic rings. The Kier molecular flexibility index (Phi) is 3.69. The molecule has 0 aromatic heterocycles. The zero-order chi connectivity index (χ0) is 12.4. The third-order valence-corrected chi connectivity index (χ3v) is 4.37. The van der Waals surface area contributed by atoms with Gasteiger partial charge < -0.3 is 10.6 Å². The zero-order valence-corrected chi connectivity index (χ0v) is 10.9. The third kappa shape index (κ3) is 2.79. The molecule has 1 heterocycles. The highest BCUT2D eigenvalue weighted by atomic mass is 35.5. The van der Waals surface area contributed by atoms with Crippen molar-refractivity contribution in [3.63, 3.8) is 0 Å². The predicted octanol–water partition coefficient (Wildman–Crippen LogP) is 1.19. The second-order valence-electron chi connectivity index (χ2n) is 3.91. The summed E-state index contributed by atoms with van der Waals surface area (Å²) in [7, 11) is -0.681. The van der Waals surface area contributed by atoms with Crippen molar-refractivity contribution >= 4 is 33.9 Å². The lowest BCUT2D eigenvalue weighted by Gasteiger charge is -2.28. The van der Waals surface area contributed by atoms with E-state index in [0.717, 1.165) is 18.8 Å². The van der Waals surface area contributed by atoms with E-state index in [9.17, 15) is 4.21 Å². The van der Waals surface area contributed by atoms with Gasteiger partial charge in [0, 0.05) is 46.6 Å². The lowest BCUT2D eigenvalue weighted by atomic mass is 10.1. The number of nitrogens with two attached hydrogens (primary N) is 1. The number of hydrogen-bond donors (Lipinski definition) is 2. The molecule has 0 aliphatic carbocycles. The fraction of sp³-hybridized carbons (Fsp3) is 0.364. The van der Waals surface area contributed by atoms with Gasteiger partial charge in [-0.05, 0) is 18.2 Å². The largest absolute Gasteiger partial charge is 0.384 e. The minimum absolute atomic E-state index is 0.0266. The Labute approximate surface area is 108 Å². The molecule has 3 N–H and O–H groups in total. The van der Waals surface area contributed by atoms with Gasteiger partial charge in [0.25, 0.3) is 0 Å². The highest BCUT2D eigenvalue weighted by Gasteiger charge is 2.16. The molecule has 1 aliphatic heterocycles. The highest BCUT2D eigenvalue weighted by Crippen LogP contribution is 2.24. The van der Waals surface area contributed by atoms with Gasteiger partial charge >= 0.3 is 0 Å². The van der Waals surface area contributed by atoms with E-state index in [4.69, 9.17) is 22.7 Å². The number of halogens is 1. The standard InChI is InChI=1S/C11H14ClN3OS/c12-10-7-8(1-2-9(10)11(13)14)15-3-5-17(16)6-4-15/h1-2,7H,3-6H2,(H3,13,14). The van der Waals surface area contributed by atoms with Crippen molar-refractivity contribution in [2.45, 2.75) is 0 Å². The van der Waals surface area contributed by atoms with E-state index in [-0.39, 0.29) is 5.84 Å². The van der Waals surface area contributed by atoms with Crippen molar-refractivity contribution in [1.29, 1.82) is 5.41 Å². The maximum atomic E-state index is 11.3. The Morgan fingerprint density at radius 2 is 2.06 bits per heavy atom. The van der Waals surface area contributed by atoms with E-state index in [1.165, 1.54) is 0 Å². The van der Waals surface area contributed by atoms with Crippen LogP contribution in [0, 0.1) is 5.41 Å². The predicted molar refractivity (Wildman–Crippen MR) is 72.6 cm³/mol. The molecule has 0 amide bonds. The Morgan fingerprint density at radius 1 is 1.41 bits per heavy atom. The average molecular weight is 272 g/mol. The number of nitrogens with zero attached hydrogens (tertiary/aromatic N) is 1. The normalized spacial score (nSPS) is 17.1. The third-order valence-electron chi connectivity index (χ3n) is 2.79. The molecule has 1 aliphatic rings. The molecule has 0 saturated carbocycles. The molecule has 92 valence electrons. The number of anilines is 1. The molecule has 0 spiro atoms. The molecule has 2 rings (SSSR count). The number of amidine groups is 1. The molecule has 1 saturated heterocycles. The zero-order valence-electron chi connectivity index (χ0n) is 9.28. The maximum Gasteiger partial charge on any atom is 0.124 e. The molecule has 1 fully saturated rings. The Morgan fingerprint density at radius 3 is 2.59 bits per heavy atom. The minimum atomic E-state index is -0.681. The number of hydrogen-bond acceptors (Lipinski definition) is 3. The molecule has 4 nitrogen and oxygen atoms in total. The molecule has 0 radical (unpaired) electrons. The van der Waals surface area contributed by atoms with E-state index in [1.54, 1.807) is 6.07 Å². The SMILES string of the molecule is N=C(N)c1ccc(N2CCS(=O)CC2)cc1Cl. The molecular formula is C11H14ClN3OS. The summed E-state index contributed by atoms with van der Waals surface area (Å²) in [5.74, 6) is 1.37. The Hall–Kier alpha value is -1.07. The van der Waals surface area contributed by atoms with Crippen LogP contribution in [0.15, 0.2) is 18.2 Å². The molecule has 0 atom stereocenters. The summed E-state index contributed by atoms with van der Waals surface area (Å²) >= 11 is 6.06. The van der Waals surface area contributed by atoms with Crippen molar-refractivity contribution in [3.05, 3.63) is 28.8 Å². The number of nitrogens with one attached hydrogen (secondary N) is 1. The van der Waals surface area contributed by atoms with Crippen molar-refractivity contribution in [2.24, 2.45) is 5.73 Å². The van der Waals surface area contributed by atoms with Gasteiger partial charge in [-0.25, -0.2) is 0 Å². The molecule has 1 aromatic carbocycles. The summed E-state index contributed by atoms with van der Waals surface area (Å²) in [5.41, 5.74) is 6.96. The second-order valence-corrected chi connectivity index (χ2v) is 6.02. The van der Waals surface area contributed by atoms with E-state index in [0.29, 0.717) is 22.1 Å². The van der Waals surface area contributed by atoms with Gasteiger partial charge in [-0.1, -0.05) is 11.6 Å². The topological polar surface area (TPSA) is 70.2 Å². The van der Waals surface area contributed by atoms with Gasteiger partial charge in [-0.15, -0.1) is 0 Å². The van der Waals surface area contributed by atoms with E-state index >= 15 is 0 Å². The Bertz CT molecular complexity index is 468. The van der Waals surface area contributed by atoms with Crippen LogP contribution in [0.2, 0.25) is 5.02 Å². The first-order valence-corrected chi connectivity index (χ1v) is 7.18. The maximum absolute atomic E-state index is 11.3. The first kappa shape index (κ1) is 12.4. The number of rotatable bonds is 2. The van der Waals surface area contributed by atoms with Crippen LogP contribution >= 0.6 is 11.6 Å². The molecule has 0 bridgehead atoms. The van der Waals surface area contributed by atoms with Crippen LogP contribution in [-0.4, -0.2) is 34.6 Å². The lowest BCUT2D eigenvalue weighted by Crippen LogP contribution is -2.37. The number of nitrogen functional groups attached to an aromatic ring is 1. The van der Waals surface area contributed by atoms with Crippen LogP contribution < -0.4 is 10.6 Å². The van der Waals surface area contributed by atoms with Crippen LogP contribution in [0.25, 0.3) is 0 Å². The highest BCUT2D eigenvalue weighted by molar-refractivity contribution is 7.85. The van der Waals surface area contributed by atoms with E-state index in [1.807, 2.05) is 12.1 Å². The summed E-state index contributed by atoms with van der Waals surface area (Å²) in [6, 6.07) is 5.47. The first-order valence-electron chi connectivity index (χ1n) is 5.32. The molecular weight excluding hydrogens is 258 g/mol. The first-order chi connectivity index (χ1) is 8.08. The molecule has 6 heteroatoms. The van der Waals surface area contributed by atoms with E-state index < -0.39 is 10.8 Å². The number of benzene rings is 1. The Balaban J connectivity index is 2.20. The summed E-state index contributed by atoms with van der Waals surface area (Å²) < 4.78 is 11.3. The van der Waals surface area contributed by atoms with Gasteiger partial charge in [-0.3, -0.25) is 9.62 Å². The van der Waals surface area contributed by atoms with Crippen molar-refractivity contribution in [2.75, 3.05) is 29.5 Å². The lowest BCUT2D eigenvalue weighted by molar-refractivity contribution is 0.673. The van der Waals surface area contributed by atoms with Gasteiger partial charge in [-0.2, -0.15) is 0 Å². The second kappa shape index (κ2) is 5.06. The smallest absolute Gasteiger partial charge is 0.124 e. The van der Waals surface area contributed by atoms with Crippen molar-refractivity contribution in [3.8, 4) is 0 Å². The van der Waals surface area contributed by atoms with Crippen LogP contribution in [0.1, 0.15) is 5.56 Å². The van der Waals surface area contributed by atoms with E-state index in [2.05, 4.69) is 4.90 Å². The van der Waals surface area contributed by atoms with Crippen LogP contribution in [0.3, 0.4) is 0 Å². The quantitative estimate of drug-likeness (QED) is 0.627. The fourth-order valence-electron chi connectivity index (χ4n) is 1.82. The van der Waals surface area contributed by atoms with Gasteiger partial charge in [0.05, 0.1) is 5.02 Å². The van der Waals surface area contributed by atoms with Crippen LogP contribution in [-0.2, 0) is 10.8 Å². The minimum Gasteiger partial charge on any atom is -0.384 e. The van der Waals surface area contributed by atoms with Gasteiger partial charge in [0.1, 0.15) is 5.84 Å². The summed E-state index contributed by atoms with van der Waals surface area (Å²) in [6.07, 6.45) is 0. The van der Waals surface area contributed by atoms with Crippen molar-refractivity contribution in [1.82, 2.24) is 0 Å². The average Bonchev–Trinajstić information content (AvgIpc) is 2.29. The monoisotopic (exact) mass is 271 g/mol. The van der Waals surface area contributed by atoms with Crippen LogP contribution in [0.5, 0.6) is 0 Å². The summed E-state index contributed by atoms with van der Waals surface area (Å²) in [4.78, 5) is 2.15. The summed E-state index contributed by atoms with van der Waals surface area (Å²) in [6.45, 7) is 1.56.